The van der Waals surface area contributed by atoms with Gasteiger partial charge < -0.3 is 9.80 Å². The van der Waals surface area contributed by atoms with Gasteiger partial charge in [0.2, 0.25) is 0 Å². The van der Waals surface area contributed by atoms with Crippen LogP contribution in [0.25, 0.3) is 0 Å². The van der Waals surface area contributed by atoms with E-state index in [1.807, 2.05) is 97.1 Å². The van der Waals surface area contributed by atoms with Crippen LogP contribution < -0.4 is 9.80 Å². The van der Waals surface area contributed by atoms with Crippen molar-refractivity contribution in [1.82, 2.24) is 0 Å². The van der Waals surface area contributed by atoms with E-state index in [1.54, 1.807) is 24.3 Å². The second-order valence-corrected chi connectivity index (χ2v) is 13.2. The molecule has 7 aromatic carbocycles. The Morgan fingerprint density at radius 3 is 0.904 bits per heavy atom. The second-order valence-electron chi connectivity index (χ2n) is 13.2. The van der Waals surface area contributed by atoms with Gasteiger partial charge in [-0.05, 0) is 105 Å². The molecule has 4 nitrogen and oxygen atoms in total. The van der Waals surface area contributed by atoms with Gasteiger partial charge in [-0.15, -0.1) is 0 Å². The topological polar surface area (TPSA) is 40.6 Å². The molecule has 4 heteroatoms. The Bertz CT molecular complexity index is 2170. The fourth-order valence-corrected chi connectivity index (χ4v) is 6.78. The van der Waals surface area contributed by atoms with Crippen LogP contribution in [0.4, 0.5) is 34.1 Å². The molecular formula is C48H40N2O2. The molecule has 0 unspecified atom stereocenters. The Balaban J connectivity index is 1.22. The van der Waals surface area contributed by atoms with Crippen molar-refractivity contribution in [3.05, 3.63) is 214 Å². The quantitative estimate of drug-likeness (QED) is 0.135. The number of aryl methyl sites for hydroxylation is 4. The lowest BCUT2D eigenvalue weighted by atomic mass is 9.96. The standard InChI is InChI=1S/C48H40N2O2/c1-33-16-5-9-26-43(33)49(44-27-10-6-17-34(44)2)41-24-14-22-39(31-41)47(51)37-20-13-21-38(30-37)48(52)40-23-15-25-42(32-40)50(45-28-11-7-18-35(45)3)46-29-12-8-19-36(46)4/h5-32H,1-4H3. The van der Waals surface area contributed by atoms with Crippen LogP contribution in [-0.2, 0) is 0 Å². The average molecular weight is 677 g/mol. The predicted molar refractivity (Wildman–Crippen MR) is 215 cm³/mol. The molecule has 0 aliphatic heterocycles. The zero-order valence-corrected chi connectivity index (χ0v) is 29.9. The second kappa shape index (κ2) is 14.8. The summed E-state index contributed by atoms with van der Waals surface area (Å²) in [6, 6.07) is 55.5. The highest BCUT2D eigenvalue weighted by molar-refractivity contribution is 6.14. The Kier molecular flexibility index (Phi) is 9.64. The Labute approximate surface area is 306 Å². The Hall–Kier alpha value is -6.52. The lowest BCUT2D eigenvalue weighted by Gasteiger charge is -2.28. The third-order valence-corrected chi connectivity index (χ3v) is 9.55. The molecule has 0 bridgehead atoms. The smallest absolute Gasteiger partial charge is 0.193 e. The summed E-state index contributed by atoms with van der Waals surface area (Å²) >= 11 is 0. The number of carbonyl (C=O) groups is 2. The molecule has 0 aliphatic carbocycles. The summed E-state index contributed by atoms with van der Waals surface area (Å²) in [5, 5.41) is 0. The average Bonchev–Trinajstić information content (AvgIpc) is 3.18. The summed E-state index contributed by atoms with van der Waals surface area (Å²) in [7, 11) is 0. The van der Waals surface area contributed by atoms with Gasteiger partial charge in [-0.1, -0.05) is 115 Å². The van der Waals surface area contributed by atoms with Crippen molar-refractivity contribution >= 4 is 45.7 Å². The first kappa shape index (κ1) is 34.0. The van der Waals surface area contributed by atoms with E-state index in [0.29, 0.717) is 22.3 Å². The molecule has 0 spiro atoms. The van der Waals surface area contributed by atoms with Crippen molar-refractivity contribution < 1.29 is 9.59 Å². The van der Waals surface area contributed by atoms with Gasteiger partial charge in [-0.2, -0.15) is 0 Å². The van der Waals surface area contributed by atoms with Crippen molar-refractivity contribution in [1.29, 1.82) is 0 Å². The molecule has 0 radical (unpaired) electrons. The third-order valence-electron chi connectivity index (χ3n) is 9.55. The number of benzene rings is 7. The van der Waals surface area contributed by atoms with Crippen molar-refractivity contribution in [2.24, 2.45) is 0 Å². The molecule has 52 heavy (non-hydrogen) atoms. The maximum Gasteiger partial charge on any atom is 0.193 e. The van der Waals surface area contributed by atoms with Crippen LogP contribution in [0.2, 0.25) is 0 Å². The number of para-hydroxylation sites is 4. The van der Waals surface area contributed by atoms with Crippen molar-refractivity contribution in [3.63, 3.8) is 0 Å². The normalized spacial score (nSPS) is 10.8. The van der Waals surface area contributed by atoms with Crippen LogP contribution in [0.3, 0.4) is 0 Å². The van der Waals surface area contributed by atoms with E-state index in [2.05, 4.69) is 86.0 Å². The van der Waals surface area contributed by atoms with Crippen LogP contribution in [0.15, 0.2) is 170 Å². The highest BCUT2D eigenvalue weighted by atomic mass is 16.1. The van der Waals surface area contributed by atoms with E-state index in [1.165, 1.54) is 0 Å². The minimum atomic E-state index is -0.148. The number of hydrogen-bond donors (Lipinski definition) is 0. The summed E-state index contributed by atoms with van der Waals surface area (Å²) in [6.45, 7) is 8.38. The Morgan fingerprint density at radius 2 is 0.596 bits per heavy atom. The molecule has 254 valence electrons. The van der Waals surface area contributed by atoms with Crippen LogP contribution >= 0.6 is 0 Å². The molecule has 0 heterocycles. The van der Waals surface area contributed by atoms with Gasteiger partial charge in [0, 0.05) is 56.4 Å². The largest absolute Gasteiger partial charge is 0.310 e. The first-order valence-electron chi connectivity index (χ1n) is 17.5. The van der Waals surface area contributed by atoms with Gasteiger partial charge in [-0.3, -0.25) is 9.59 Å². The number of hydrogen-bond acceptors (Lipinski definition) is 4. The van der Waals surface area contributed by atoms with E-state index in [9.17, 15) is 9.59 Å². The number of ketones is 2. The van der Waals surface area contributed by atoms with E-state index >= 15 is 0 Å². The molecule has 0 saturated heterocycles. The first-order chi connectivity index (χ1) is 25.3. The first-order valence-corrected chi connectivity index (χ1v) is 17.5. The summed E-state index contributed by atoms with van der Waals surface area (Å²) in [5.74, 6) is -0.296. The van der Waals surface area contributed by atoms with Crippen LogP contribution in [0.1, 0.15) is 54.1 Å². The maximum absolute atomic E-state index is 14.1. The van der Waals surface area contributed by atoms with Gasteiger partial charge in [0.1, 0.15) is 0 Å². The molecule has 0 atom stereocenters. The third kappa shape index (κ3) is 6.79. The molecule has 0 aliphatic rings. The van der Waals surface area contributed by atoms with Crippen molar-refractivity contribution in [2.45, 2.75) is 27.7 Å². The van der Waals surface area contributed by atoms with E-state index in [4.69, 9.17) is 0 Å². The lowest BCUT2D eigenvalue weighted by Crippen LogP contribution is -2.14. The highest BCUT2D eigenvalue weighted by Crippen LogP contribution is 2.40. The predicted octanol–water partition coefficient (Wildman–Crippen LogP) is 12.3. The van der Waals surface area contributed by atoms with Gasteiger partial charge in [-0.25, -0.2) is 0 Å². The Morgan fingerprint density at radius 1 is 0.327 bits per heavy atom. The number of nitrogens with zero attached hydrogens (tertiary/aromatic N) is 2. The SMILES string of the molecule is Cc1ccccc1N(c1cccc(C(=O)c2cccc(C(=O)c3cccc(N(c4ccccc4C)c4ccccc4C)c3)c2)c1)c1ccccc1C. The summed E-state index contributed by atoms with van der Waals surface area (Å²) < 4.78 is 0. The minimum absolute atomic E-state index is 0.148. The maximum atomic E-state index is 14.1. The highest BCUT2D eigenvalue weighted by Gasteiger charge is 2.21. The monoisotopic (exact) mass is 676 g/mol. The zero-order valence-electron chi connectivity index (χ0n) is 29.9. The number of rotatable bonds is 10. The van der Waals surface area contributed by atoms with E-state index in [-0.39, 0.29) is 11.6 Å². The lowest BCUT2D eigenvalue weighted by molar-refractivity contribution is 0.103. The molecule has 0 fully saturated rings. The number of anilines is 6. The van der Waals surface area contributed by atoms with Crippen LogP contribution in [0, 0.1) is 27.7 Å². The zero-order chi connectivity index (χ0) is 36.2. The minimum Gasteiger partial charge on any atom is -0.310 e. The summed E-state index contributed by atoms with van der Waals surface area (Å²) in [4.78, 5) is 32.6. The van der Waals surface area contributed by atoms with Crippen molar-refractivity contribution in [3.8, 4) is 0 Å². The molecule has 0 amide bonds. The fraction of sp³-hybridized carbons (Fsp3) is 0.0833. The molecule has 0 aromatic heterocycles. The molecule has 0 saturated carbocycles. The van der Waals surface area contributed by atoms with Crippen LogP contribution in [0.5, 0.6) is 0 Å². The summed E-state index contributed by atoms with van der Waals surface area (Å²) in [5.41, 5.74) is 12.4. The van der Waals surface area contributed by atoms with Crippen molar-refractivity contribution in [2.75, 3.05) is 9.80 Å². The molecular weight excluding hydrogens is 637 g/mol. The fourth-order valence-electron chi connectivity index (χ4n) is 6.78. The van der Waals surface area contributed by atoms with E-state index < -0.39 is 0 Å². The molecule has 7 aromatic rings. The van der Waals surface area contributed by atoms with Gasteiger partial charge >= 0.3 is 0 Å². The molecule has 0 N–H and O–H groups in total. The number of carbonyl (C=O) groups excluding carboxylic acids is 2. The van der Waals surface area contributed by atoms with Gasteiger partial charge in [0.05, 0.1) is 0 Å². The molecule has 7 rings (SSSR count). The van der Waals surface area contributed by atoms with E-state index in [0.717, 1.165) is 56.4 Å². The van der Waals surface area contributed by atoms with Gasteiger partial charge in [0.15, 0.2) is 11.6 Å². The van der Waals surface area contributed by atoms with Crippen LogP contribution in [-0.4, -0.2) is 11.6 Å². The van der Waals surface area contributed by atoms with Gasteiger partial charge in [0.25, 0.3) is 0 Å². The summed E-state index contributed by atoms with van der Waals surface area (Å²) in [6.07, 6.45) is 0.